The first-order chi connectivity index (χ1) is 8.29. The lowest BCUT2D eigenvalue weighted by atomic mass is 9.75. The number of carbonyl (C=O) groups is 1. The van der Waals surface area contributed by atoms with Gasteiger partial charge in [-0.2, -0.15) is 0 Å². The number of hydrogen-bond donors (Lipinski definition) is 1. The van der Waals surface area contributed by atoms with Crippen LogP contribution in [0.5, 0.6) is 0 Å². The molecule has 100 valence electrons. The van der Waals surface area contributed by atoms with Crippen molar-refractivity contribution in [3.63, 3.8) is 0 Å². The summed E-state index contributed by atoms with van der Waals surface area (Å²) in [5.74, 6) is 1.62. The van der Waals surface area contributed by atoms with Gasteiger partial charge >= 0.3 is 0 Å². The predicted octanol–water partition coefficient (Wildman–Crippen LogP) is 3.68. The fourth-order valence-electron chi connectivity index (χ4n) is 3.10. The summed E-state index contributed by atoms with van der Waals surface area (Å²) in [6, 6.07) is 0. The van der Waals surface area contributed by atoms with Crippen molar-refractivity contribution in [1.29, 1.82) is 0 Å². The van der Waals surface area contributed by atoms with Crippen LogP contribution in [-0.2, 0) is 4.79 Å². The summed E-state index contributed by atoms with van der Waals surface area (Å²) in [5.41, 5.74) is 5.46. The van der Waals surface area contributed by atoms with Crippen LogP contribution in [0.2, 0.25) is 0 Å². The second-order valence-electron chi connectivity index (χ2n) is 5.48. The van der Waals surface area contributed by atoms with Crippen LogP contribution in [0.25, 0.3) is 0 Å². The summed E-state index contributed by atoms with van der Waals surface area (Å²) in [4.78, 5) is 12.2. The van der Waals surface area contributed by atoms with Crippen molar-refractivity contribution in [3.05, 3.63) is 0 Å². The van der Waals surface area contributed by atoms with Crippen LogP contribution < -0.4 is 5.73 Å². The minimum absolute atomic E-state index is 0.392. The van der Waals surface area contributed by atoms with E-state index in [1.54, 1.807) is 0 Å². The molecule has 0 heterocycles. The van der Waals surface area contributed by atoms with Crippen LogP contribution in [0.4, 0.5) is 0 Å². The average Bonchev–Trinajstić information content (AvgIpc) is 2.38. The Morgan fingerprint density at radius 1 is 1.12 bits per heavy atom. The molecule has 0 radical (unpaired) electrons. The van der Waals surface area contributed by atoms with E-state index in [9.17, 15) is 4.79 Å². The Morgan fingerprint density at radius 2 is 1.82 bits per heavy atom. The van der Waals surface area contributed by atoms with Crippen molar-refractivity contribution in [3.8, 4) is 0 Å². The van der Waals surface area contributed by atoms with Gasteiger partial charge in [-0.25, -0.2) is 0 Å². The molecule has 0 saturated heterocycles. The Labute approximate surface area is 106 Å². The maximum absolute atomic E-state index is 12.2. The third-order valence-corrected chi connectivity index (χ3v) is 4.22. The largest absolute Gasteiger partial charge is 0.330 e. The van der Waals surface area contributed by atoms with E-state index in [1.807, 2.05) is 0 Å². The van der Waals surface area contributed by atoms with Gasteiger partial charge in [0.1, 0.15) is 5.78 Å². The molecule has 1 saturated carbocycles. The fourth-order valence-corrected chi connectivity index (χ4v) is 3.10. The van der Waals surface area contributed by atoms with Crippen LogP contribution >= 0.6 is 0 Å². The van der Waals surface area contributed by atoms with E-state index in [1.165, 1.54) is 38.5 Å². The van der Waals surface area contributed by atoms with Gasteiger partial charge in [0.25, 0.3) is 0 Å². The summed E-state index contributed by atoms with van der Waals surface area (Å²) >= 11 is 0. The van der Waals surface area contributed by atoms with Gasteiger partial charge in [0.15, 0.2) is 0 Å². The van der Waals surface area contributed by atoms with E-state index in [0.29, 0.717) is 17.6 Å². The van der Waals surface area contributed by atoms with Crippen molar-refractivity contribution in [2.24, 2.45) is 17.6 Å². The second-order valence-corrected chi connectivity index (χ2v) is 5.48. The highest BCUT2D eigenvalue weighted by Gasteiger charge is 2.28. The standard InChI is InChI=1S/C15H29NO/c1-2-13-9-6-7-10-14(13)15(17)11-5-3-4-8-12-16/h13-14H,2-12,16H2,1H3. The van der Waals surface area contributed by atoms with Crippen LogP contribution in [0, 0.1) is 11.8 Å². The van der Waals surface area contributed by atoms with Gasteiger partial charge in [0, 0.05) is 12.3 Å². The molecule has 2 unspecified atom stereocenters. The highest BCUT2D eigenvalue weighted by molar-refractivity contribution is 5.81. The van der Waals surface area contributed by atoms with Gasteiger partial charge in [0.2, 0.25) is 0 Å². The first-order valence-corrected chi connectivity index (χ1v) is 7.52. The topological polar surface area (TPSA) is 43.1 Å². The molecule has 0 aliphatic heterocycles. The van der Waals surface area contributed by atoms with Gasteiger partial charge in [-0.05, 0) is 38.1 Å². The first-order valence-electron chi connectivity index (χ1n) is 7.52. The third-order valence-electron chi connectivity index (χ3n) is 4.22. The van der Waals surface area contributed by atoms with Crippen LogP contribution in [0.1, 0.15) is 71.1 Å². The Kier molecular flexibility index (Phi) is 7.50. The van der Waals surface area contributed by atoms with E-state index < -0.39 is 0 Å². The quantitative estimate of drug-likeness (QED) is 0.657. The summed E-state index contributed by atoms with van der Waals surface area (Å²) in [5, 5.41) is 0. The minimum Gasteiger partial charge on any atom is -0.330 e. The molecule has 2 N–H and O–H groups in total. The van der Waals surface area contributed by atoms with Crippen molar-refractivity contribution in [2.75, 3.05) is 6.54 Å². The van der Waals surface area contributed by atoms with Crippen molar-refractivity contribution >= 4 is 5.78 Å². The molecule has 0 bridgehead atoms. The molecule has 0 aromatic rings. The normalized spacial score (nSPS) is 24.8. The van der Waals surface area contributed by atoms with Crippen LogP contribution in [0.15, 0.2) is 0 Å². The number of carbonyl (C=O) groups excluding carboxylic acids is 1. The molecule has 1 aliphatic carbocycles. The van der Waals surface area contributed by atoms with Crippen LogP contribution in [0.3, 0.4) is 0 Å². The summed E-state index contributed by atoms with van der Waals surface area (Å²) in [7, 11) is 0. The molecular weight excluding hydrogens is 210 g/mol. The van der Waals surface area contributed by atoms with E-state index >= 15 is 0 Å². The molecule has 0 aromatic heterocycles. The zero-order valence-corrected chi connectivity index (χ0v) is 11.4. The number of hydrogen-bond acceptors (Lipinski definition) is 2. The highest BCUT2D eigenvalue weighted by atomic mass is 16.1. The number of nitrogens with two attached hydrogens (primary N) is 1. The SMILES string of the molecule is CCC1CCCCC1C(=O)CCCCCCN. The van der Waals surface area contributed by atoms with E-state index in [-0.39, 0.29) is 0 Å². The van der Waals surface area contributed by atoms with Gasteiger partial charge in [0.05, 0.1) is 0 Å². The number of unbranched alkanes of at least 4 members (excludes halogenated alkanes) is 3. The maximum Gasteiger partial charge on any atom is 0.136 e. The van der Waals surface area contributed by atoms with Crippen molar-refractivity contribution in [1.82, 2.24) is 0 Å². The Bertz CT molecular complexity index is 215. The zero-order valence-electron chi connectivity index (χ0n) is 11.4. The number of ketones is 1. The molecular formula is C15H29NO. The van der Waals surface area contributed by atoms with Crippen molar-refractivity contribution < 1.29 is 4.79 Å². The molecule has 1 rings (SSSR count). The third kappa shape index (κ3) is 5.20. The Morgan fingerprint density at radius 3 is 2.53 bits per heavy atom. The molecule has 1 aliphatic rings. The van der Waals surface area contributed by atoms with E-state index in [4.69, 9.17) is 5.73 Å². The van der Waals surface area contributed by atoms with Gasteiger partial charge in [-0.1, -0.05) is 39.0 Å². The van der Waals surface area contributed by atoms with Crippen molar-refractivity contribution in [2.45, 2.75) is 71.1 Å². The maximum atomic E-state index is 12.2. The van der Waals surface area contributed by atoms with E-state index in [2.05, 4.69) is 6.92 Å². The predicted molar refractivity (Wildman–Crippen MR) is 72.9 cm³/mol. The first kappa shape index (κ1) is 14.7. The lowest BCUT2D eigenvalue weighted by molar-refractivity contribution is -0.125. The molecule has 2 heteroatoms. The molecule has 17 heavy (non-hydrogen) atoms. The molecule has 2 nitrogen and oxygen atoms in total. The zero-order chi connectivity index (χ0) is 12.5. The molecule has 0 aromatic carbocycles. The Balaban J connectivity index is 2.20. The van der Waals surface area contributed by atoms with Gasteiger partial charge < -0.3 is 5.73 Å². The number of Topliss-reactive ketones (excluding diaryl/α,β-unsaturated/α-hetero) is 1. The van der Waals surface area contributed by atoms with E-state index in [0.717, 1.165) is 32.2 Å². The fraction of sp³-hybridized carbons (Fsp3) is 0.933. The molecule has 1 fully saturated rings. The Hall–Kier alpha value is -0.370. The van der Waals surface area contributed by atoms with Crippen LogP contribution in [-0.4, -0.2) is 12.3 Å². The molecule has 0 spiro atoms. The van der Waals surface area contributed by atoms with Gasteiger partial charge in [-0.15, -0.1) is 0 Å². The number of rotatable bonds is 8. The lowest BCUT2D eigenvalue weighted by Crippen LogP contribution is -2.26. The summed E-state index contributed by atoms with van der Waals surface area (Å²) < 4.78 is 0. The minimum atomic E-state index is 0.392. The van der Waals surface area contributed by atoms with Gasteiger partial charge in [-0.3, -0.25) is 4.79 Å². The second kappa shape index (κ2) is 8.68. The lowest BCUT2D eigenvalue weighted by Gasteiger charge is -2.29. The average molecular weight is 239 g/mol. The summed E-state index contributed by atoms with van der Waals surface area (Å²) in [6.45, 7) is 3.02. The molecule has 2 atom stereocenters. The summed E-state index contributed by atoms with van der Waals surface area (Å²) in [6.07, 6.45) is 11.6. The smallest absolute Gasteiger partial charge is 0.136 e. The monoisotopic (exact) mass is 239 g/mol. The molecule has 0 amide bonds. The highest BCUT2D eigenvalue weighted by Crippen LogP contribution is 2.33.